The molecule has 1 aromatic rings. The molecule has 0 aliphatic heterocycles. The van der Waals surface area contributed by atoms with Crippen LogP contribution < -0.4 is 5.32 Å². The molecule has 0 heterocycles. The quantitative estimate of drug-likeness (QED) is 0.882. The van der Waals surface area contributed by atoms with Gasteiger partial charge < -0.3 is 10.4 Å². The molecular weight excluding hydrogens is 250 g/mol. The summed E-state index contributed by atoms with van der Waals surface area (Å²) in [5.41, 5.74) is 1.87. The number of anilines is 1. The van der Waals surface area contributed by atoms with Gasteiger partial charge in [-0.2, -0.15) is 0 Å². The highest BCUT2D eigenvalue weighted by Crippen LogP contribution is 2.44. The molecule has 1 saturated carbocycles. The van der Waals surface area contributed by atoms with E-state index in [1.54, 1.807) is 0 Å². The van der Waals surface area contributed by atoms with E-state index in [0.29, 0.717) is 6.42 Å². The van der Waals surface area contributed by atoms with Crippen molar-refractivity contribution in [2.75, 3.05) is 5.32 Å². The van der Waals surface area contributed by atoms with Gasteiger partial charge in [0.1, 0.15) is 0 Å². The third-order valence-corrected chi connectivity index (χ3v) is 3.91. The minimum Gasteiger partial charge on any atom is -0.385 e. The van der Waals surface area contributed by atoms with E-state index in [0.717, 1.165) is 36.1 Å². The summed E-state index contributed by atoms with van der Waals surface area (Å²) in [4.78, 5) is 12.2. The number of carbonyl (C=O) groups excluding carboxylic acids is 1. The van der Waals surface area contributed by atoms with Crippen LogP contribution in [0.4, 0.5) is 5.69 Å². The highest BCUT2D eigenvalue weighted by molar-refractivity contribution is 5.93. The van der Waals surface area contributed by atoms with Gasteiger partial charge in [-0.15, -0.1) is 0 Å². The van der Waals surface area contributed by atoms with Crippen LogP contribution in [0.3, 0.4) is 0 Å². The largest absolute Gasteiger partial charge is 0.385 e. The number of benzene rings is 1. The number of nitrogens with one attached hydrogen (secondary N) is 1. The Bertz CT molecular complexity index is 510. The van der Waals surface area contributed by atoms with Crippen molar-refractivity contribution in [2.45, 2.75) is 59.0 Å². The van der Waals surface area contributed by atoms with Crippen molar-refractivity contribution in [3.63, 3.8) is 0 Å². The van der Waals surface area contributed by atoms with Gasteiger partial charge in [-0.05, 0) is 37.2 Å². The lowest BCUT2D eigenvalue weighted by Crippen LogP contribution is -2.35. The van der Waals surface area contributed by atoms with Crippen LogP contribution in [-0.4, -0.2) is 11.0 Å². The summed E-state index contributed by atoms with van der Waals surface area (Å²) < 4.78 is 0. The molecule has 1 amide bonds. The zero-order valence-electron chi connectivity index (χ0n) is 12.9. The van der Waals surface area contributed by atoms with Crippen LogP contribution >= 0.6 is 0 Å². The van der Waals surface area contributed by atoms with Crippen molar-refractivity contribution in [1.29, 1.82) is 0 Å². The highest BCUT2D eigenvalue weighted by Gasteiger charge is 2.38. The Hall–Kier alpha value is -1.35. The first-order valence-electron chi connectivity index (χ1n) is 7.34. The average Bonchev–Trinajstić information content (AvgIpc) is 2.26. The van der Waals surface area contributed by atoms with E-state index in [1.165, 1.54) is 0 Å². The SMILES string of the molecule is Cc1cccc(C2(O)CCC2)c1NC(=O)CC(C)(C)C. The molecule has 20 heavy (non-hydrogen) atoms. The Balaban J connectivity index is 2.25. The van der Waals surface area contributed by atoms with Crippen LogP contribution in [0, 0.1) is 12.3 Å². The van der Waals surface area contributed by atoms with Gasteiger partial charge in [-0.25, -0.2) is 0 Å². The molecule has 2 N–H and O–H groups in total. The van der Waals surface area contributed by atoms with E-state index in [1.807, 2.05) is 45.9 Å². The van der Waals surface area contributed by atoms with Gasteiger partial charge in [0.15, 0.2) is 0 Å². The molecule has 0 atom stereocenters. The average molecular weight is 275 g/mol. The molecule has 0 unspecified atom stereocenters. The van der Waals surface area contributed by atoms with E-state index >= 15 is 0 Å². The standard InChI is InChI=1S/C17H25NO2/c1-12-7-5-8-13(17(20)9-6-10-17)15(12)18-14(19)11-16(2,3)4/h5,7-8,20H,6,9-11H2,1-4H3,(H,18,19). The Morgan fingerprint density at radius 2 is 2.00 bits per heavy atom. The second-order valence-corrected chi connectivity index (χ2v) is 7.17. The number of aliphatic hydroxyl groups is 1. The molecular formula is C17H25NO2. The van der Waals surface area contributed by atoms with E-state index < -0.39 is 5.60 Å². The Labute approximate surface area is 121 Å². The molecule has 0 bridgehead atoms. The van der Waals surface area contributed by atoms with E-state index in [2.05, 4.69) is 5.32 Å². The highest BCUT2D eigenvalue weighted by atomic mass is 16.3. The number of carbonyl (C=O) groups is 1. The van der Waals surface area contributed by atoms with Gasteiger partial charge in [0, 0.05) is 17.7 Å². The predicted molar refractivity (Wildman–Crippen MR) is 81.6 cm³/mol. The number of hydrogen-bond acceptors (Lipinski definition) is 2. The minimum atomic E-state index is -0.754. The topological polar surface area (TPSA) is 49.3 Å². The van der Waals surface area contributed by atoms with E-state index in [-0.39, 0.29) is 11.3 Å². The second-order valence-electron chi connectivity index (χ2n) is 7.17. The van der Waals surface area contributed by atoms with Crippen molar-refractivity contribution >= 4 is 11.6 Å². The van der Waals surface area contributed by atoms with Crippen molar-refractivity contribution in [3.05, 3.63) is 29.3 Å². The molecule has 3 nitrogen and oxygen atoms in total. The number of aryl methyl sites for hydroxylation is 1. The van der Waals surface area contributed by atoms with Crippen molar-refractivity contribution in [3.8, 4) is 0 Å². The molecule has 1 aliphatic rings. The van der Waals surface area contributed by atoms with Gasteiger partial charge in [0.05, 0.1) is 5.60 Å². The molecule has 110 valence electrons. The fourth-order valence-electron chi connectivity index (χ4n) is 2.67. The van der Waals surface area contributed by atoms with Crippen LogP contribution in [0.5, 0.6) is 0 Å². The van der Waals surface area contributed by atoms with Crippen LogP contribution in [0.15, 0.2) is 18.2 Å². The van der Waals surface area contributed by atoms with Gasteiger partial charge in [0.2, 0.25) is 5.91 Å². The van der Waals surface area contributed by atoms with Gasteiger partial charge in [0.25, 0.3) is 0 Å². The fourth-order valence-corrected chi connectivity index (χ4v) is 2.67. The molecule has 0 radical (unpaired) electrons. The maximum Gasteiger partial charge on any atom is 0.224 e. The first kappa shape index (κ1) is 15.0. The third-order valence-electron chi connectivity index (χ3n) is 3.91. The molecule has 1 aliphatic carbocycles. The molecule has 1 aromatic carbocycles. The summed E-state index contributed by atoms with van der Waals surface area (Å²) in [6.07, 6.45) is 3.07. The third kappa shape index (κ3) is 3.21. The zero-order valence-corrected chi connectivity index (χ0v) is 12.9. The molecule has 0 aromatic heterocycles. The van der Waals surface area contributed by atoms with Crippen molar-refractivity contribution in [2.24, 2.45) is 5.41 Å². The zero-order chi connectivity index (χ0) is 15.0. The maximum atomic E-state index is 12.2. The first-order valence-corrected chi connectivity index (χ1v) is 7.34. The summed E-state index contributed by atoms with van der Waals surface area (Å²) in [5.74, 6) is 0.0102. The summed E-state index contributed by atoms with van der Waals surface area (Å²) >= 11 is 0. The lowest BCUT2D eigenvalue weighted by atomic mass is 9.74. The Kier molecular flexibility index (Phi) is 3.92. The molecule has 1 fully saturated rings. The predicted octanol–water partition coefficient (Wildman–Crippen LogP) is 3.74. The smallest absolute Gasteiger partial charge is 0.224 e. The number of rotatable bonds is 3. The normalized spacial score (nSPS) is 17.4. The lowest BCUT2D eigenvalue weighted by molar-refractivity contribution is -0.117. The fraction of sp³-hybridized carbons (Fsp3) is 0.588. The minimum absolute atomic E-state index is 0.0102. The first-order chi connectivity index (χ1) is 9.21. The molecule has 0 saturated heterocycles. The number of para-hydroxylation sites is 1. The van der Waals surface area contributed by atoms with Gasteiger partial charge in [-0.1, -0.05) is 39.0 Å². The van der Waals surface area contributed by atoms with Gasteiger partial charge >= 0.3 is 0 Å². The van der Waals surface area contributed by atoms with Gasteiger partial charge in [-0.3, -0.25) is 4.79 Å². The summed E-state index contributed by atoms with van der Waals surface area (Å²) in [7, 11) is 0. The number of hydrogen-bond donors (Lipinski definition) is 2. The monoisotopic (exact) mass is 275 g/mol. The summed E-state index contributed by atoms with van der Waals surface area (Å²) in [6.45, 7) is 8.11. The van der Waals surface area contributed by atoms with Crippen LogP contribution in [0.25, 0.3) is 0 Å². The maximum absolute atomic E-state index is 12.2. The van der Waals surface area contributed by atoms with Crippen LogP contribution in [0.1, 0.15) is 57.6 Å². The Morgan fingerprint density at radius 1 is 1.35 bits per heavy atom. The molecule has 0 spiro atoms. The van der Waals surface area contributed by atoms with Crippen molar-refractivity contribution < 1.29 is 9.90 Å². The lowest BCUT2D eigenvalue weighted by Gasteiger charge is -2.38. The van der Waals surface area contributed by atoms with Crippen LogP contribution in [0.2, 0.25) is 0 Å². The van der Waals surface area contributed by atoms with Crippen molar-refractivity contribution in [1.82, 2.24) is 0 Å². The molecule has 2 rings (SSSR count). The summed E-state index contributed by atoms with van der Waals surface area (Å²) in [5, 5.41) is 13.6. The number of amides is 1. The molecule has 3 heteroatoms. The van der Waals surface area contributed by atoms with Crippen LogP contribution in [-0.2, 0) is 10.4 Å². The second kappa shape index (κ2) is 5.21. The van der Waals surface area contributed by atoms with E-state index in [4.69, 9.17) is 0 Å². The van der Waals surface area contributed by atoms with E-state index in [9.17, 15) is 9.90 Å². The summed E-state index contributed by atoms with van der Waals surface area (Å²) in [6, 6.07) is 5.84. The Morgan fingerprint density at radius 3 is 2.50 bits per heavy atom.